The molecule has 5 heteroatoms. The summed E-state index contributed by atoms with van der Waals surface area (Å²) in [6.45, 7) is 2.14. The van der Waals surface area contributed by atoms with Crippen LogP contribution in [0.3, 0.4) is 0 Å². The van der Waals surface area contributed by atoms with Gasteiger partial charge in [0.05, 0.1) is 25.2 Å². The van der Waals surface area contributed by atoms with Crippen molar-refractivity contribution in [2.45, 2.75) is 13.5 Å². The van der Waals surface area contributed by atoms with Gasteiger partial charge in [-0.25, -0.2) is 9.79 Å². The summed E-state index contributed by atoms with van der Waals surface area (Å²) in [7, 11) is 3.16. The molecule has 4 nitrogen and oxygen atoms in total. The van der Waals surface area contributed by atoms with Gasteiger partial charge in [-0.1, -0.05) is 0 Å². The highest BCUT2D eigenvalue weighted by molar-refractivity contribution is 9.10. The van der Waals surface area contributed by atoms with Crippen molar-refractivity contribution in [3.63, 3.8) is 0 Å². The molecule has 0 fully saturated rings. The lowest BCUT2D eigenvalue weighted by molar-refractivity contribution is 0.394. The fraction of sp³-hybridized carbons (Fsp3) is 0.364. The first-order valence-corrected chi connectivity index (χ1v) is 5.38. The molecule has 0 radical (unpaired) electrons. The highest BCUT2D eigenvalue weighted by Gasteiger charge is 2.14. The summed E-state index contributed by atoms with van der Waals surface area (Å²) in [5.41, 5.74) is 1.72. The summed E-state index contributed by atoms with van der Waals surface area (Å²) in [5, 5.41) is 0. The number of ether oxygens (including phenoxy) is 2. The van der Waals surface area contributed by atoms with Crippen molar-refractivity contribution >= 4 is 22.0 Å². The van der Waals surface area contributed by atoms with Gasteiger partial charge in [-0.15, -0.1) is 0 Å². The Morgan fingerprint density at radius 2 is 2.12 bits per heavy atom. The molecule has 16 heavy (non-hydrogen) atoms. The molecule has 0 bridgehead atoms. The Morgan fingerprint density at radius 1 is 1.44 bits per heavy atom. The van der Waals surface area contributed by atoms with E-state index < -0.39 is 0 Å². The molecule has 1 aromatic carbocycles. The Balaban J connectivity index is 3.34. The van der Waals surface area contributed by atoms with Crippen molar-refractivity contribution in [2.75, 3.05) is 14.2 Å². The lowest BCUT2D eigenvalue weighted by Crippen LogP contribution is -1.97. The fourth-order valence-electron chi connectivity index (χ4n) is 1.42. The third-order valence-corrected chi connectivity index (χ3v) is 3.19. The molecule has 0 aliphatic carbocycles. The van der Waals surface area contributed by atoms with Gasteiger partial charge in [-0.2, -0.15) is 0 Å². The summed E-state index contributed by atoms with van der Waals surface area (Å²) in [6.07, 6.45) is 1.50. The maximum atomic E-state index is 10.1. The topological polar surface area (TPSA) is 47.9 Å². The summed E-state index contributed by atoms with van der Waals surface area (Å²) in [6, 6.07) is 1.81. The number of isocyanates is 1. The first-order valence-electron chi connectivity index (χ1n) is 4.59. The Bertz CT molecular complexity index is 439. The second-order valence-corrected chi connectivity index (χ2v) is 3.91. The molecule has 0 N–H and O–H groups in total. The standard InChI is InChI=1S/C11H12BrNO3/c1-7-9(15-2)4-8(5-13-6-14)11(16-3)10(7)12/h4H,5H2,1-3H3. The van der Waals surface area contributed by atoms with Gasteiger partial charge in [0.15, 0.2) is 0 Å². The highest BCUT2D eigenvalue weighted by Crippen LogP contribution is 2.38. The summed E-state index contributed by atoms with van der Waals surface area (Å²) < 4.78 is 11.3. The Kier molecular flexibility index (Phi) is 4.52. The van der Waals surface area contributed by atoms with E-state index in [2.05, 4.69) is 20.9 Å². The highest BCUT2D eigenvalue weighted by atomic mass is 79.9. The third-order valence-electron chi connectivity index (χ3n) is 2.23. The number of carbonyl (C=O) groups excluding carboxylic acids is 1. The van der Waals surface area contributed by atoms with Gasteiger partial charge >= 0.3 is 0 Å². The average Bonchev–Trinajstić information content (AvgIpc) is 2.30. The zero-order valence-corrected chi connectivity index (χ0v) is 10.9. The minimum Gasteiger partial charge on any atom is -0.496 e. The zero-order valence-electron chi connectivity index (χ0n) is 9.33. The molecule has 1 rings (SSSR count). The minimum atomic E-state index is 0.224. The lowest BCUT2D eigenvalue weighted by atomic mass is 10.1. The average molecular weight is 286 g/mol. The van der Waals surface area contributed by atoms with Crippen molar-refractivity contribution in [3.8, 4) is 11.5 Å². The van der Waals surface area contributed by atoms with Crippen LogP contribution >= 0.6 is 15.9 Å². The van der Waals surface area contributed by atoms with Crippen LogP contribution in [0.15, 0.2) is 15.5 Å². The van der Waals surface area contributed by atoms with E-state index in [1.54, 1.807) is 20.3 Å². The van der Waals surface area contributed by atoms with Crippen LogP contribution < -0.4 is 9.47 Å². The SMILES string of the molecule is COc1cc(CN=C=O)c(OC)c(Br)c1C. The maximum absolute atomic E-state index is 10.1. The van der Waals surface area contributed by atoms with Crippen LogP contribution in [0.2, 0.25) is 0 Å². The molecule has 0 spiro atoms. The number of nitrogens with zero attached hydrogens (tertiary/aromatic N) is 1. The quantitative estimate of drug-likeness (QED) is 0.631. The number of benzene rings is 1. The molecule has 0 atom stereocenters. The molecule has 0 aliphatic heterocycles. The van der Waals surface area contributed by atoms with Gasteiger partial charge in [-0.3, -0.25) is 0 Å². The molecule has 0 amide bonds. The predicted octanol–water partition coefficient (Wildman–Crippen LogP) is 2.61. The van der Waals surface area contributed by atoms with Crippen molar-refractivity contribution in [1.29, 1.82) is 0 Å². The third kappa shape index (κ3) is 2.43. The monoisotopic (exact) mass is 285 g/mol. The van der Waals surface area contributed by atoms with Gasteiger partial charge < -0.3 is 9.47 Å². The fourth-order valence-corrected chi connectivity index (χ4v) is 2.03. The summed E-state index contributed by atoms with van der Waals surface area (Å²) in [4.78, 5) is 13.6. The van der Waals surface area contributed by atoms with Gasteiger partial charge in [-0.05, 0) is 28.9 Å². The summed E-state index contributed by atoms with van der Waals surface area (Å²) >= 11 is 3.43. The van der Waals surface area contributed by atoms with Crippen molar-refractivity contribution in [2.24, 2.45) is 4.99 Å². The second-order valence-electron chi connectivity index (χ2n) is 3.12. The molecular weight excluding hydrogens is 274 g/mol. The number of aliphatic imine (C=N–C) groups is 1. The number of methoxy groups -OCH3 is 2. The van der Waals surface area contributed by atoms with Gasteiger partial charge in [0.2, 0.25) is 6.08 Å². The van der Waals surface area contributed by atoms with Crippen molar-refractivity contribution < 1.29 is 14.3 Å². The first-order chi connectivity index (χ1) is 7.65. The molecule has 0 aromatic heterocycles. The van der Waals surface area contributed by atoms with E-state index in [0.29, 0.717) is 5.75 Å². The van der Waals surface area contributed by atoms with E-state index in [1.807, 2.05) is 6.92 Å². The van der Waals surface area contributed by atoms with Crippen LogP contribution in [0.4, 0.5) is 0 Å². The van der Waals surface area contributed by atoms with E-state index in [4.69, 9.17) is 9.47 Å². The van der Waals surface area contributed by atoms with E-state index in [-0.39, 0.29) is 6.54 Å². The minimum absolute atomic E-state index is 0.224. The molecule has 1 aromatic rings. The number of hydrogen-bond acceptors (Lipinski definition) is 4. The molecule has 0 unspecified atom stereocenters. The molecule has 0 saturated carbocycles. The zero-order chi connectivity index (χ0) is 12.1. The van der Waals surface area contributed by atoms with Gasteiger partial charge in [0.25, 0.3) is 0 Å². The van der Waals surface area contributed by atoms with Crippen molar-refractivity contribution in [3.05, 3.63) is 21.7 Å². The van der Waals surface area contributed by atoms with E-state index in [1.165, 1.54) is 6.08 Å². The molecule has 0 aliphatic rings. The van der Waals surface area contributed by atoms with Crippen LogP contribution in [0.5, 0.6) is 11.5 Å². The van der Waals surface area contributed by atoms with Gasteiger partial charge in [0.1, 0.15) is 11.5 Å². The number of rotatable bonds is 4. The normalized spacial score (nSPS) is 9.50. The lowest BCUT2D eigenvalue weighted by Gasteiger charge is -2.14. The number of halogens is 1. The molecule has 0 heterocycles. The largest absolute Gasteiger partial charge is 0.496 e. The van der Waals surface area contributed by atoms with Crippen molar-refractivity contribution in [1.82, 2.24) is 0 Å². The Labute approximate surface area is 102 Å². The second kappa shape index (κ2) is 5.68. The van der Waals surface area contributed by atoms with E-state index >= 15 is 0 Å². The summed E-state index contributed by atoms with van der Waals surface area (Å²) in [5.74, 6) is 1.39. The number of hydrogen-bond donors (Lipinski definition) is 0. The first kappa shape index (κ1) is 12.7. The van der Waals surface area contributed by atoms with Crippen LogP contribution in [0.1, 0.15) is 11.1 Å². The molecule has 86 valence electrons. The van der Waals surface area contributed by atoms with E-state index in [9.17, 15) is 4.79 Å². The van der Waals surface area contributed by atoms with Crippen LogP contribution in [0, 0.1) is 6.92 Å². The predicted molar refractivity (Wildman–Crippen MR) is 63.8 cm³/mol. The van der Waals surface area contributed by atoms with Gasteiger partial charge in [0, 0.05) is 11.1 Å². The maximum Gasteiger partial charge on any atom is 0.235 e. The smallest absolute Gasteiger partial charge is 0.235 e. The van der Waals surface area contributed by atoms with Crippen LogP contribution in [0.25, 0.3) is 0 Å². The Morgan fingerprint density at radius 3 is 2.62 bits per heavy atom. The van der Waals surface area contributed by atoms with Crippen LogP contribution in [-0.4, -0.2) is 20.3 Å². The molecular formula is C11H12BrNO3. The van der Waals surface area contributed by atoms with E-state index in [0.717, 1.165) is 21.3 Å². The Hall–Kier alpha value is -1.32. The van der Waals surface area contributed by atoms with Crippen LogP contribution in [-0.2, 0) is 11.3 Å². The molecule has 0 saturated heterocycles.